The Balaban J connectivity index is 0.000000209. The highest BCUT2D eigenvalue weighted by molar-refractivity contribution is 7.90. The van der Waals surface area contributed by atoms with Crippen molar-refractivity contribution in [1.29, 1.82) is 0 Å². The number of anilines is 2. The molecule has 21 nitrogen and oxygen atoms in total. The number of methoxy groups -OCH3 is 2. The number of imide groups is 1. The number of ether oxygens (including phenoxy) is 4. The van der Waals surface area contributed by atoms with Crippen LogP contribution in [0.25, 0.3) is 17.0 Å². The number of hydrogen-bond donors (Lipinski definition) is 4. The Morgan fingerprint density at radius 2 is 1.50 bits per heavy atom. The Bertz CT molecular complexity index is 3090. The van der Waals surface area contributed by atoms with Crippen LogP contribution in [0.1, 0.15) is 54.2 Å². The van der Waals surface area contributed by atoms with E-state index in [1.54, 1.807) is 55.6 Å². The van der Waals surface area contributed by atoms with E-state index in [1.165, 1.54) is 36.0 Å². The summed E-state index contributed by atoms with van der Waals surface area (Å²) in [5, 5.41) is 19.5. The molecule has 0 atom stereocenters. The van der Waals surface area contributed by atoms with E-state index in [4.69, 9.17) is 64.0 Å². The number of urea groups is 1. The minimum atomic E-state index is -5.14. The van der Waals surface area contributed by atoms with Gasteiger partial charge in [-0.05, 0) is 98.8 Å². The van der Waals surface area contributed by atoms with Crippen LogP contribution in [0.4, 0.5) is 29.6 Å². The predicted octanol–water partition coefficient (Wildman–Crippen LogP) is 7.69. The van der Waals surface area contributed by atoms with Crippen molar-refractivity contribution in [2.75, 3.05) is 37.7 Å². The minimum absolute atomic E-state index is 0.0623. The van der Waals surface area contributed by atoms with E-state index in [2.05, 4.69) is 19.9 Å². The van der Waals surface area contributed by atoms with Gasteiger partial charge in [-0.25, -0.2) is 33.8 Å². The van der Waals surface area contributed by atoms with Crippen LogP contribution in [0, 0.1) is 0 Å². The summed E-state index contributed by atoms with van der Waals surface area (Å²) in [6.07, 6.45) is 0.992. The number of fused-ring (bicyclic) bond motifs is 1. The summed E-state index contributed by atoms with van der Waals surface area (Å²) in [5.41, 5.74) is -0.144. The quantitative estimate of drug-likeness (QED) is 0.0499. The molecule has 72 heavy (non-hydrogen) atoms. The molecule has 4 N–H and O–H groups in total. The lowest BCUT2D eigenvalue weighted by atomic mass is 9.93. The van der Waals surface area contributed by atoms with Gasteiger partial charge < -0.3 is 29.2 Å². The number of pyridine rings is 2. The predicted molar refractivity (Wildman–Crippen MR) is 250 cm³/mol. The molecule has 4 heterocycles. The van der Waals surface area contributed by atoms with Crippen molar-refractivity contribution in [1.82, 2.24) is 24.7 Å². The normalized spacial score (nSPS) is 13.5. The average Bonchev–Trinajstić information content (AvgIpc) is 3.59. The molecule has 1 aliphatic heterocycles. The highest BCUT2D eigenvalue weighted by Crippen LogP contribution is 2.37. The van der Waals surface area contributed by atoms with Crippen molar-refractivity contribution in [3.05, 3.63) is 110 Å². The van der Waals surface area contributed by atoms with Crippen molar-refractivity contribution in [3.63, 3.8) is 0 Å². The van der Waals surface area contributed by atoms with Gasteiger partial charge in [0.25, 0.3) is 21.8 Å². The van der Waals surface area contributed by atoms with Crippen LogP contribution in [-0.4, -0.2) is 102 Å². The van der Waals surface area contributed by atoms with Crippen LogP contribution in [0.15, 0.2) is 88.1 Å². The first-order valence-electron chi connectivity index (χ1n) is 20.4. The molecule has 5 aromatic rings. The molecule has 7 rings (SSSR count). The van der Waals surface area contributed by atoms with Crippen LogP contribution in [0.5, 0.6) is 17.5 Å². The molecule has 380 valence electrons. The van der Waals surface area contributed by atoms with Crippen LogP contribution >= 0.6 is 34.8 Å². The van der Waals surface area contributed by atoms with E-state index >= 15 is 0 Å². The number of sulfonamides is 1. The number of nitrogens with one attached hydrogen (secondary N) is 2. The Morgan fingerprint density at radius 3 is 2.07 bits per heavy atom. The summed E-state index contributed by atoms with van der Waals surface area (Å²) in [5.74, 6) is -4.31. The number of aromatic nitrogens is 4. The van der Waals surface area contributed by atoms with Gasteiger partial charge in [-0.2, -0.15) is 31.6 Å². The Morgan fingerprint density at radius 1 is 0.875 bits per heavy atom. The molecule has 2 aromatic carbocycles. The van der Waals surface area contributed by atoms with Gasteiger partial charge in [-0.3, -0.25) is 19.9 Å². The first-order chi connectivity index (χ1) is 34.0. The molecule has 0 spiro atoms. The van der Waals surface area contributed by atoms with Crippen molar-refractivity contribution in [2.45, 2.75) is 43.8 Å². The zero-order chi connectivity index (χ0) is 53.1. The number of amides is 4. The Hall–Kier alpha value is -7.61. The molecule has 1 aliphatic carbocycles. The summed E-state index contributed by atoms with van der Waals surface area (Å²) < 4.78 is 84.1. The summed E-state index contributed by atoms with van der Waals surface area (Å²) in [6, 6.07) is 12.0. The van der Waals surface area contributed by atoms with E-state index in [0.717, 1.165) is 18.2 Å². The summed E-state index contributed by atoms with van der Waals surface area (Å²) in [7, 11) is -2.66. The van der Waals surface area contributed by atoms with E-state index in [-0.39, 0.29) is 35.2 Å². The maximum atomic E-state index is 12.8. The van der Waals surface area contributed by atoms with Crippen molar-refractivity contribution in [3.8, 4) is 17.5 Å². The number of benzene rings is 2. The lowest BCUT2D eigenvalue weighted by Gasteiger charge is -2.16. The van der Waals surface area contributed by atoms with Crippen LogP contribution in [0.2, 0.25) is 10.0 Å². The Labute approximate surface area is 420 Å². The van der Waals surface area contributed by atoms with Gasteiger partial charge in [0, 0.05) is 27.8 Å². The van der Waals surface area contributed by atoms with Gasteiger partial charge in [0.2, 0.25) is 17.7 Å². The second kappa shape index (κ2) is 24.0. The molecule has 3 aromatic heterocycles. The van der Waals surface area contributed by atoms with Crippen molar-refractivity contribution in [2.24, 2.45) is 0 Å². The summed E-state index contributed by atoms with van der Waals surface area (Å²) in [4.78, 5) is 86.1. The van der Waals surface area contributed by atoms with Gasteiger partial charge in [0.15, 0.2) is 11.6 Å². The highest BCUT2D eigenvalue weighted by atomic mass is 35.5. The topological polar surface area (TPSA) is 293 Å². The number of aromatic carboxylic acids is 1. The molecule has 28 heteroatoms. The third kappa shape index (κ3) is 13.8. The van der Waals surface area contributed by atoms with Gasteiger partial charge >= 0.3 is 30.1 Å². The molecule has 0 radical (unpaired) electrons. The maximum Gasteiger partial charge on any atom is 0.433 e. The number of alkyl halides is 3. The number of esters is 1. The van der Waals surface area contributed by atoms with E-state index < -0.39 is 69.0 Å². The third-order valence-electron chi connectivity index (χ3n) is 9.60. The fourth-order valence-corrected chi connectivity index (χ4v) is 8.07. The fraction of sp³-hybridized carbons (Fsp3) is 0.227. The Kier molecular flexibility index (Phi) is 18.4. The number of aliphatic carboxylic acids is 1. The molecule has 0 unspecified atom stereocenters. The largest absolute Gasteiger partial charge is 0.481 e. The number of nitrogens with zero attached hydrogens (tertiary/aromatic N) is 5. The number of carbonyl (C=O) groups is 6. The molecule has 0 bridgehead atoms. The van der Waals surface area contributed by atoms with Gasteiger partial charge in [-0.1, -0.05) is 34.8 Å². The SMILES string of the molecule is CCOC(=O)/C(Cl)=C/c1cc(N2C(=O)C3=C(CCCC3)C2=O)ccc1Cl.COc1cc(OC)nc(NC(=O)NS(=O)(=O)c2nc(C(F)(F)F)ccc2C(=O)O)n1.O=C(O)COc1ccc(Cl)c2cccnc12. The zero-order valence-corrected chi connectivity index (χ0v) is 40.5. The van der Waals surface area contributed by atoms with Gasteiger partial charge in [-0.15, -0.1) is 0 Å². The first kappa shape index (κ1) is 55.3. The molecule has 0 fully saturated rings. The number of carboxylic acids is 2. The third-order valence-corrected chi connectivity index (χ3v) is 11.8. The standard InChI is InChI=1S/C19H17Cl2NO4.C14H12F3N5O7S.C11H8ClNO3/c1-2-26-19(25)16(21)10-11-9-12(7-8-15(11)20)22-17(23)13-5-3-4-6-14(13)18(22)24;1-28-8-5-9(29-2)20-12(19-8)21-13(25)22-30(26,27)10-6(11(23)24)3-4-7(18-10)14(15,16)17;12-8-3-4-9(16-6-10(14)15)11-7(8)2-1-5-13-11/h7-10H,2-6H2,1H3;3-5H,1-2H3,(H,23,24)(H2,19,20,21,22,25);1-5H,6H2,(H,14,15)/b16-10-;;. The van der Waals surface area contributed by atoms with Crippen molar-refractivity contribution < 1.29 is 79.5 Å². The number of carbonyl (C=O) groups excluding carboxylic acids is 4. The zero-order valence-electron chi connectivity index (χ0n) is 37.4. The van der Waals surface area contributed by atoms with E-state index in [0.29, 0.717) is 68.7 Å². The van der Waals surface area contributed by atoms with Gasteiger partial charge in [0.1, 0.15) is 22.0 Å². The molecular formula is C44H37Cl3F3N7O14S. The number of halogens is 6. The molecule has 2 aliphatic rings. The lowest BCUT2D eigenvalue weighted by molar-refractivity contribution is -0.141. The summed E-state index contributed by atoms with van der Waals surface area (Å²) in [6.45, 7) is 1.48. The highest BCUT2D eigenvalue weighted by Gasteiger charge is 2.40. The summed E-state index contributed by atoms with van der Waals surface area (Å²) >= 11 is 18.1. The minimum Gasteiger partial charge on any atom is -0.481 e. The molecule has 0 saturated carbocycles. The first-order valence-corrected chi connectivity index (χ1v) is 23.1. The maximum absolute atomic E-state index is 12.8. The van der Waals surface area contributed by atoms with E-state index in [9.17, 15) is 50.4 Å². The molecule has 4 amide bonds. The van der Waals surface area contributed by atoms with Crippen LogP contribution < -0.4 is 29.1 Å². The average molecular weight is 1080 g/mol. The number of rotatable bonds is 13. The van der Waals surface area contributed by atoms with Crippen LogP contribution in [-0.2, 0) is 40.1 Å². The molecule has 0 saturated heterocycles. The van der Waals surface area contributed by atoms with Crippen LogP contribution in [0.3, 0.4) is 0 Å². The second-order valence-corrected chi connectivity index (χ2v) is 17.2. The van der Waals surface area contributed by atoms with Crippen molar-refractivity contribution >= 4 is 109 Å². The smallest absolute Gasteiger partial charge is 0.433 e. The monoisotopic (exact) mass is 1080 g/mol. The fourth-order valence-electron chi connectivity index (χ4n) is 6.45. The van der Waals surface area contributed by atoms with E-state index in [1.807, 2.05) is 5.32 Å². The lowest BCUT2D eigenvalue weighted by Crippen LogP contribution is -2.36. The second-order valence-electron chi connectivity index (χ2n) is 14.3. The number of carboxylic acid groups (broad SMARTS) is 2. The number of hydrogen-bond acceptors (Lipinski definition) is 16. The molecular weight excluding hydrogens is 1050 g/mol. The van der Waals surface area contributed by atoms with Gasteiger partial charge in [0.05, 0.1) is 43.2 Å².